The number of morpholine rings is 1. The van der Waals surface area contributed by atoms with E-state index >= 15 is 0 Å². The average molecular weight is 280 g/mol. The zero-order chi connectivity index (χ0) is 14.0. The van der Waals surface area contributed by atoms with E-state index in [9.17, 15) is 0 Å². The van der Waals surface area contributed by atoms with Crippen LogP contribution in [0.3, 0.4) is 0 Å². The van der Waals surface area contributed by atoms with Crippen LogP contribution < -0.4 is 5.32 Å². The van der Waals surface area contributed by atoms with Crippen molar-refractivity contribution in [2.45, 2.75) is 64.6 Å². The second-order valence-corrected chi connectivity index (χ2v) is 7.88. The van der Waals surface area contributed by atoms with Crippen LogP contribution in [-0.2, 0) is 4.74 Å². The lowest BCUT2D eigenvalue weighted by Crippen LogP contribution is -2.49. The van der Waals surface area contributed by atoms with Crippen LogP contribution in [0.2, 0.25) is 0 Å². The first-order valence-electron chi connectivity index (χ1n) is 8.74. The lowest BCUT2D eigenvalue weighted by atomic mass is 9.85. The van der Waals surface area contributed by atoms with Gasteiger partial charge in [0.1, 0.15) is 0 Å². The average Bonchev–Trinajstić information content (AvgIpc) is 2.97. The highest BCUT2D eigenvalue weighted by atomic mass is 16.5. The molecule has 0 aromatic heterocycles. The number of ether oxygens (including phenoxy) is 1. The van der Waals surface area contributed by atoms with E-state index in [0.717, 1.165) is 12.5 Å². The molecule has 0 radical (unpaired) electrons. The Kier molecular flexibility index (Phi) is 4.68. The fraction of sp³-hybridized carbons (Fsp3) is 1.00. The monoisotopic (exact) mass is 280 g/mol. The van der Waals surface area contributed by atoms with Crippen molar-refractivity contribution in [2.24, 2.45) is 11.3 Å². The molecule has 1 aliphatic carbocycles. The van der Waals surface area contributed by atoms with Gasteiger partial charge in [-0.25, -0.2) is 0 Å². The minimum Gasteiger partial charge on any atom is -0.372 e. The summed E-state index contributed by atoms with van der Waals surface area (Å²) in [4.78, 5) is 2.72. The SMILES string of the molecule is CC(C)CNCC1(CN2CC3CCC(C2)O3)CCCC1. The summed E-state index contributed by atoms with van der Waals surface area (Å²) < 4.78 is 5.98. The minimum absolute atomic E-state index is 0.538. The number of nitrogens with zero attached hydrogens (tertiary/aromatic N) is 1. The zero-order valence-corrected chi connectivity index (χ0v) is 13.4. The summed E-state index contributed by atoms with van der Waals surface area (Å²) in [5.74, 6) is 0.757. The standard InChI is InChI=1S/C17H32N2O/c1-14(2)9-18-12-17(7-3-4-8-17)13-19-10-15-5-6-16(11-19)20-15/h14-16,18H,3-13H2,1-2H3. The van der Waals surface area contributed by atoms with Gasteiger partial charge in [-0.15, -0.1) is 0 Å². The van der Waals surface area contributed by atoms with Crippen LogP contribution in [-0.4, -0.2) is 49.8 Å². The Morgan fingerprint density at radius 2 is 1.80 bits per heavy atom. The molecule has 0 amide bonds. The quantitative estimate of drug-likeness (QED) is 0.809. The molecule has 0 spiro atoms. The van der Waals surface area contributed by atoms with E-state index in [-0.39, 0.29) is 0 Å². The second kappa shape index (κ2) is 6.33. The van der Waals surface area contributed by atoms with E-state index in [4.69, 9.17) is 4.74 Å². The molecule has 20 heavy (non-hydrogen) atoms. The third kappa shape index (κ3) is 3.55. The highest BCUT2D eigenvalue weighted by Crippen LogP contribution is 2.39. The molecule has 2 bridgehead atoms. The number of hydrogen-bond donors (Lipinski definition) is 1. The molecule has 0 aromatic rings. The second-order valence-electron chi connectivity index (χ2n) is 7.88. The van der Waals surface area contributed by atoms with E-state index in [1.54, 1.807) is 0 Å². The highest BCUT2D eigenvalue weighted by Gasteiger charge is 2.40. The van der Waals surface area contributed by atoms with Gasteiger partial charge in [0.15, 0.2) is 0 Å². The van der Waals surface area contributed by atoms with Crippen LogP contribution in [0.5, 0.6) is 0 Å². The normalized spacial score (nSPS) is 33.1. The van der Waals surface area contributed by atoms with Gasteiger partial charge in [-0.05, 0) is 43.6 Å². The van der Waals surface area contributed by atoms with Gasteiger partial charge in [-0.3, -0.25) is 4.90 Å². The van der Waals surface area contributed by atoms with E-state index in [0.29, 0.717) is 17.6 Å². The first-order chi connectivity index (χ1) is 9.65. The molecular weight excluding hydrogens is 248 g/mol. The fourth-order valence-electron chi connectivity index (χ4n) is 4.44. The Labute approximate surface area is 124 Å². The third-order valence-electron chi connectivity index (χ3n) is 5.40. The van der Waals surface area contributed by atoms with Gasteiger partial charge < -0.3 is 10.1 Å². The van der Waals surface area contributed by atoms with Crippen molar-refractivity contribution in [3.05, 3.63) is 0 Å². The smallest absolute Gasteiger partial charge is 0.0707 e. The summed E-state index contributed by atoms with van der Waals surface area (Å²) in [5.41, 5.74) is 0.547. The van der Waals surface area contributed by atoms with Crippen molar-refractivity contribution in [1.82, 2.24) is 10.2 Å². The molecule has 1 saturated carbocycles. The topological polar surface area (TPSA) is 24.5 Å². The van der Waals surface area contributed by atoms with Crippen molar-refractivity contribution in [2.75, 3.05) is 32.7 Å². The van der Waals surface area contributed by atoms with Crippen LogP contribution in [0.1, 0.15) is 52.4 Å². The van der Waals surface area contributed by atoms with E-state index in [1.165, 1.54) is 64.7 Å². The summed E-state index contributed by atoms with van der Waals surface area (Å²) in [5, 5.41) is 3.74. The van der Waals surface area contributed by atoms with E-state index in [2.05, 4.69) is 24.1 Å². The summed E-state index contributed by atoms with van der Waals surface area (Å²) in [6.45, 7) is 10.6. The zero-order valence-electron chi connectivity index (χ0n) is 13.4. The Morgan fingerprint density at radius 3 is 2.40 bits per heavy atom. The molecule has 2 saturated heterocycles. The maximum atomic E-state index is 5.98. The third-order valence-corrected chi connectivity index (χ3v) is 5.40. The lowest BCUT2D eigenvalue weighted by molar-refractivity contribution is -0.0501. The molecule has 2 unspecified atom stereocenters. The lowest BCUT2D eigenvalue weighted by Gasteiger charge is -2.39. The number of nitrogens with one attached hydrogen (secondary N) is 1. The Hall–Kier alpha value is -0.120. The molecule has 3 nitrogen and oxygen atoms in total. The largest absolute Gasteiger partial charge is 0.372 e. The van der Waals surface area contributed by atoms with Crippen molar-refractivity contribution in [1.29, 1.82) is 0 Å². The Bertz CT molecular complexity index is 300. The van der Waals surface area contributed by atoms with Crippen LogP contribution in [0, 0.1) is 11.3 Å². The number of likely N-dealkylation sites (tertiary alicyclic amines) is 1. The molecule has 3 heteroatoms. The molecule has 1 N–H and O–H groups in total. The maximum Gasteiger partial charge on any atom is 0.0707 e. The Morgan fingerprint density at radius 1 is 1.15 bits per heavy atom. The van der Waals surface area contributed by atoms with Gasteiger partial charge in [-0.1, -0.05) is 26.7 Å². The Balaban J connectivity index is 1.53. The number of rotatable bonds is 6. The summed E-state index contributed by atoms with van der Waals surface area (Å²) >= 11 is 0. The highest BCUT2D eigenvalue weighted by molar-refractivity contribution is 4.93. The molecule has 3 rings (SSSR count). The summed E-state index contributed by atoms with van der Waals surface area (Å²) in [6.07, 6.45) is 9.36. The van der Waals surface area contributed by atoms with Crippen LogP contribution in [0.25, 0.3) is 0 Å². The van der Waals surface area contributed by atoms with Crippen molar-refractivity contribution >= 4 is 0 Å². The molecule has 2 atom stereocenters. The molecule has 3 aliphatic rings. The van der Waals surface area contributed by atoms with E-state index < -0.39 is 0 Å². The van der Waals surface area contributed by atoms with Crippen molar-refractivity contribution in [3.63, 3.8) is 0 Å². The predicted molar refractivity (Wildman–Crippen MR) is 82.9 cm³/mol. The number of hydrogen-bond acceptors (Lipinski definition) is 3. The predicted octanol–water partition coefficient (Wildman–Crippen LogP) is 2.66. The molecule has 0 aromatic carbocycles. The minimum atomic E-state index is 0.538. The first-order valence-corrected chi connectivity index (χ1v) is 8.74. The molecule has 3 fully saturated rings. The summed E-state index contributed by atoms with van der Waals surface area (Å²) in [6, 6.07) is 0. The van der Waals surface area contributed by atoms with Crippen LogP contribution in [0.15, 0.2) is 0 Å². The molecule has 116 valence electrons. The van der Waals surface area contributed by atoms with Crippen LogP contribution >= 0.6 is 0 Å². The van der Waals surface area contributed by atoms with Gasteiger partial charge in [0, 0.05) is 26.2 Å². The maximum absolute atomic E-state index is 5.98. The van der Waals surface area contributed by atoms with Gasteiger partial charge in [-0.2, -0.15) is 0 Å². The summed E-state index contributed by atoms with van der Waals surface area (Å²) in [7, 11) is 0. The van der Waals surface area contributed by atoms with Gasteiger partial charge >= 0.3 is 0 Å². The molecule has 2 heterocycles. The van der Waals surface area contributed by atoms with Gasteiger partial charge in [0.25, 0.3) is 0 Å². The van der Waals surface area contributed by atoms with Gasteiger partial charge in [0.2, 0.25) is 0 Å². The first kappa shape index (κ1) is 14.8. The number of fused-ring (bicyclic) bond motifs is 2. The molecular formula is C17H32N2O. The van der Waals surface area contributed by atoms with Gasteiger partial charge in [0.05, 0.1) is 12.2 Å². The van der Waals surface area contributed by atoms with Crippen LogP contribution in [0.4, 0.5) is 0 Å². The van der Waals surface area contributed by atoms with E-state index in [1.807, 2.05) is 0 Å². The fourth-order valence-corrected chi connectivity index (χ4v) is 4.44. The molecule has 2 aliphatic heterocycles. The van der Waals surface area contributed by atoms with Crippen molar-refractivity contribution in [3.8, 4) is 0 Å². The van der Waals surface area contributed by atoms with Crippen molar-refractivity contribution < 1.29 is 4.74 Å².